The van der Waals surface area contributed by atoms with Crippen LogP contribution in [0.15, 0.2) is 30.3 Å². The van der Waals surface area contributed by atoms with Crippen LogP contribution < -0.4 is 5.32 Å². The average molecular weight is 260 g/mol. The predicted octanol–water partition coefficient (Wildman–Crippen LogP) is 3.58. The Kier molecular flexibility index (Phi) is 4.83. The molecule has 2 rings (SSSR count). The number of hydrogen-bond acceptors (Lipinski definition) is 1. The Balaban J connectivity index is 2.08. The third kappa shape index (κ3) is 3.28. The first-order valence-electron chi connectivity index (χ1n) is 7.36. The van der Waals surface area contributed by atoms with Crippen LogP contribution >= 0.6 is 0 Å². The molecule has 1 aliphatic rings. The number of nitrogens with one attached hydrogen (secondary N) is 1. The van der Waals surface area contributed by atoms with Crippen LogP contribution in [-0.2, 0) is 0 Å². The van der Waals surface area contributed by atoms with E-state index in [9.17, 15) is 4.79 Å². The number of carbonyl (C=O) groups excluding carboxylic acids is 1. The summed E-state index contributed by atoms with van der Waals surface area (Å²) in [6.45, 7) is 5.55. The topological polar surface area (TPSA) is 32.3 Å². The molecule has 0 spiro atoms. The van der Waals surface area contributed by atoms with Crippen molar-refractivity contribution in [2.45, 2.75) is 39.2 Å². The second kappa shape index (κ2) is 6.60. The number of nitrogens with zero attached hydrogens (tertiary/aromatic N) is 1. The Morgan fingerprint density at radius 3 is 2.37 bits per heavy atom. The Bertz CT molecular complexity index is 396. The minimum Gasteiger partial charge on any atom is -0.331 e. The van der Waals surface area contributed by atoms with Gasteiger partial charge in [-0.05, 0) is 38.2 Å². The van der Waals surface area contributed by atoms with Crippen LogP contribution in [0.1, 0.15) is 44.7 Å². The lowest BCUT2D eigenvalue weighted by Crippen LogP contribution is -2.44. The highest BCUT2D eigenvalue weighted by Crippen LogP contribution is 2.37. The minimum absolute atomic E-state index is 0.0609. The van der Waals surface area contributed by atoms with Crippen molar-refractivity contribution in [3.63, 3.8) is 0 Å². The van der Waals surface area contributed by atoms with Crippen LogP contribution in [0.25, 0.3) is 0 Å². The summed E-state index contributed by atoms with van der Waals surface area (Å²) in [5.41, 5.74) is 1.23. The molecule has 1 aromatic carbocycles. The molecule has 1 fully saturated rings. The number of hydrogen-bond donors (Lipinski definition) is 1. The van der Waals surface area contributed by atoms with Gasteiger partial charge >= 0.3 is 6.03 Å². The van der Waals surface area contributed by atoms with E-state index in [1.807, 2.05) is 36.9 Å². The molecule has 1 unspecified atom stereocenters. The molecular weight excluding hydrogens is 236 g/mol. The summed E-state index contributed by atoms with van der Waals surface area (Å²) in [6, 6.07) is 10.6. The fraction of sp³-hybridized carbons (Fsp3) is 0.562. The number of amides is 2. The van der Waals surface area contributed by atoms with E-state index in [0.29, 0.717) is 5.92 Å². The van der Waals surface area contributed by atoms with Crippen molar-refractivity contribution in [2.75, 3.05) is 13.1 Å². The third-order valence-corrected chi connectivity index (χ3v) is 4.11. The lowest BCUT2D eigenvalue weighted by atomic mass is 9.77. The van der Waals surface area contributed by atoms with Gasteiger partial charge in [0.25, 0.3) is 0 Å². The smallest absolute Gasteiger partial charge is 0.317 e. The highest BCUT2D eigenvalue weighted by atomic mass is 16.2. The van der Waals surface area contributed by atoms with Crippen molar-refractivity contribution in [3.8, 4) is 0 Å². The zero-order valence-electron chi connectivity index (χ0n) is 11.9. The van der Waals surface area contributed by atoms with Crippen LogP contribution in [0, 0.1) is 5.92 Å². The molecule has 1 N–H and O–H groups in total. The normalized spacial score (nSPS) is 16.5. The van der Waals surface area contributed by atoms with Crippen molar-refractivity contribution in [3.05, 3.63) is 35.9 Å². The standard InChI is InChI=1S/C16H24N2O/c1-3-18(4-2)16(19)17-15(14-11-8-12-14)13-9-6-5-7-10-13/h5-7,9-10,14-15H,3-4,8,11-12H2,1-2H3,(H,17,19). The van der Waals surface area contributed by atoms with E-state index in [1.165, 1.54) is 24.8 Å². The van der Waals surface area contributed by atoms with Gasteiger partial charge in [0, 0.05) is 13.1 Å². The van der Waals surface area contributed by atoms with E-state index in [2.05, 4.69) is 17.4 Å². The second-order valence-electron chi connectivity index (χ2n) is 5.20. The summed E-state index contributed by atoms with van der Waals surface area (Å²) in [7, 11) is 0. The lowest BCUT2D eigenvalue weighted by Gasteiger charge is -2.36. The number of rotatable bonds is 5. The minimum atomic E-state index is 0.0609. The lowest BCUT2D eigenvalue weighted by molar-refractivity contribution is 0.179. The van der Waals surface area contributed by atoms with Gasteiger partial charge in [-0.15, -0.1) is 0 Å². The van der Waals surface area contributed by atoms with Gasteiger partial charge in [-0.3, -0.25) is 0 Å². The van der Waals surface area contributed by atoms with E-state index in [0.717, 1.165) is 13.1 Å². The zero-order chi connectivity index (χ0) is 13.7. The van der Waals surface area contributed by atoms with E-state index >= 15 is 0 Å². The highest BCUT2D eigenvalue weighted by molar-refractivity contribution is 5.74. The third-order valence-electron chi connectivity index (χ3n) is 4.11. The fourth-order valence-electron chi connectivity index (χ4n) is 2.64. The van der Waals surface area contributed by atoms with E-state index in [4.69, 9.17) is 0 Å². The molecule has 3 nitrogen and oxygen atoms in total. The quantitative estimate of drug-likeness (QED) is 0.862. The fourth-order valence-corrected chi connectivity index (χ4v) is 2.64. The van der Waals surface area contributed by atoms with Crippen molar-refractivity contribution >= 4 is 6.03 Å². The van der Waals surface area contributed by atoms with Crippen molar-refractivity contribution in [1.82, 2.24) is 10.2 Å². The molecule has 0 radical (unpaired) electrons. The van der Waals surface area contributed by atoms with Gasteiger partial charge in [-0.25, -0.2) is 4.79 Å². The molecular formula is C16H24N2O. The molecule has 3 heteroatoms. The van der Waals surface area contributed by atoms with Crippen LogP contribution in [0.4, 0.5) is 4.79 Å². The number of benzene rings is 1. The number of carbonyl (C=O) groups is 1. The van der Waals surface area contributed by atoms with Crippen molar-refractivity contribution in [1.29, 1.82) is 0 Å². The zero-order valence-corrected chi connectivity index (χ0v) is 11.9. The van der Waals surface area contributed by atoms with Gasteiger partial charge < -0.3 is 10.2 Å². The molecule has 1 saturated carbocycles. The van der Waals surface area contributed by atoms with Gasteiger partial charge in [-0.1, -0.05) is 36.8 Å². The van der Waals surface area contributed by atoms with E-state index < -0.39 is 0 Å². The van der Waals surface area contributed by atoms with E-state index in [-0.39, 0.29) is 12.1 Å². The van der Waals surface area contributed by atoms with Gasteiger partial charge in [0.15, 0.2) is 0 Å². The summed E-state index contributed by atoms with van der Waals surface area (Å²) in [5, 5.41) is 3.22. The Morgan fingerprint density at radius 1 is 1.26 bits per heavy atom. The van der Waals surface area contributed by atoms with Gasteiger partial charge in [-0.2, -0.15) is 0 Å². The molecule has 0 aliphatic heterocycles. The van der Waals surface area contributed by atoms with Crippen LogP contribution in [0.2, 0.25) is 0 Å². The van der Waals surface area contributed by atoms with Gasteiger partial charge in [0.1, 0.15) is 0 Å². The molecule has 104 valence electrons. The maximum atomic E-state index is 12.2. The molecule has 0 saturated heterocycles. The maximum absolute atomic E-state index is 12.2. The van der Waals surface area contributed by atoms with Gasteiger partial charge in [0.2, 0.25) is 0 Å². The maximum Gasteiger partial charge on any atom is 0.317 e. The first-order chi connectivity index (χ1) is 9.26. The first-order valence-corrected chi connectivity index (χ1v) is 7.36. The highest BCUT2D eigenvalue weighted by Gasteiger charge is 2.30. The largest absolute Gasteiger partial charge is 0.331 e. The molecule has 1 aromatic rings. The molecule has 0 aromatic heterocycles. The molecule has 0 bridgehead atoms. The molecule has 19 heavy (non-hydrogen) atoms. The van der Waals surface area contributed by atoms with Crippen molar-refractivity contribution in [2.24, 2.45) is 5.92 Å². The van der Waals surface area contributed by atoms with Crippen molar-refractivity contribution < 1.29 is 4.79 Å². The van der Waals surface area contributed by atoms with Crippen LogP contribution in [0.3, 0.4) is 0 Å². The molecule has 0 heterocycles. The van der Waals surface area contributed by atoms with E-state index in [1.54, 1.807) is 0 Å². The Hall–Kier alpha value is -1.51. The molecule has 2 amide bonds. The summed E-state index contributed by atoms with van der Waals surface area (Å²) < 4.78 is 0. The summed E-state index contributed by atoms with van der Waals surface area (Å²) in [4.78, 5) is 14.1. The predicted molar refractivity (Wildman–Crippen MR) is 78.0 cm³/mol. The van der Waals surface area contributed by atoms with Crippen LogP contribution in [0.5, 0.6) is 0 Å². The number of urea groups is 1. The summed E-state index contributed by atoms with van der Waals surface area (Å²) in [5.74, 6) is 0.599. The van der Waals surface area contributed by atoms with Gasteiger partial charge in [0.05, 0.1) is 6.04 Å². The monoisotopic (exact) mass is 260 g/mol. The average Bonchev–Trinajstić information content (AvgIpc) is 2.38. The molecule has 1 aliphatic carbocycles. The SMILES string of the molecule is CCN(CC)C(=O)NC(c1ccccc1)C1CCC1. The summed E-state index contributed by atoms with van der Waals surface area (Å²) in [6.07, 6.45) is 3.73. The second-order valence-corrected chi connectivity index (χ2v) is 5.20. The Morgan fingerprint density at radius 2 is 1.89 bits per heavy atom. The first kappa shape index (κ1) is 13.9. The van der Waals surface area contributed by atoms with Crippen LogP contribution in [-0.4, -0.2) is 24.0 Å². The summed E-state index contributed by atoms with van der Waals surface area (Å²) >= 11 is 0. The Labute approximate surface area is 116 Å². The molecule has 1 atom stereocenters.